The molecule has 0 saturated heterocycles. The molecule has 3 N–H and O–H groups in total. The molecule has 1 fully saturated rings. The van der Waals surface area contributed by atoms with E-state index in [-0.39, 0.29) is 24.1 Å². The number of rotatable bonds is 5. The van der Waals surface area contributed by atoms with Gasteiger partial charge in [0.05, 0.1) is 17.8 Å². The van der Waals surface area contributed by atoms with Crippen molar-refractivity contribution in [2.75, 3.05) is 13.1 Å². The van der Waals surface area contributed by atoms with Gasteiger partial charge in [0.25, 0.3) is 0 Å². The quantitative estimate of drug-likeness (QED) is 0.764. The van der Waals surface area contributed by atoms with Crippen molar-refractivity contribution in [2.45, 2.75) is 31.5 Å². The van der Waals surface area contributed by atoms with Crippen LogP contribution in [0.3, 0.4) is 0 Å². The Morgan fingerprint density at radius 3 is 2.53 bits per heavy atom. The van der Waals surface area contributed by atoms with Gasteiger partial charge in [0, 0.05) is 13.1 Å². The lowest BCUT2D eigenvalue weighted by atomic mass is 10.1. The molecule has 106 valence electrons. The molecule has 1 aliphatic rings. The average Bonchev–Trinajstić information content (AvgIpc) is 2.75. The van der Waals surface area contributed by atoms with Crippen molar-refractivity contribution in [3.05, 3.63) is 35.4 Å². The van der Waals surface area contributed by atoms with E-state index in [9.17, 15) is 19.0 Å². The third-order valence-electron chi connectivity index (χ3n) is 3.70. The summed E-state index contributed by atoms with van der Waals surface area (Å²) < 4.78 is 26.8. The van der Waals surface area contributed by atoms with Crippen molar-refractivity contribution in [3.63, 3.8) is 0 Å². The maximum atomic E-state index is 13.4. The summed E-state index contributed by atoms with van der Waals surface area (Å²) in [6.45, 7) is 0.620. The van der Waals surface area contributed by atoms with Crippen LogP contribution in [0.25, 0.3) is 0 Å². The van der Waals surface area contributed by atoms with Crippen molar-refractivity contribution >= 4 is 0 Å². The first kappa shape index (κ1) is 14.4. The molecule has 5 heteroatoms. The number of nitrogens with one attached hydrogen (secondary N) is 1. The summed E-state index contributed by atoms with van der Waals surface area (Å²) >= 11 is 0. The van der Waals surface area contributed by atoms with Crippen LogP contribution in [0.1, 0.15) is 30.9 Å². The molecular formula is C14H19F2NO2. The highest BCUT2D eigenvalue weighted by Gasteiger charge is 2.25. The molecule has 3 nitrogen and oxygen atoms in total. The van der Waals surface area contributed by atoms with Gasteiger partial charge in [-0.05, 0) is 30.9 Å². The van der Waals surface area contributed by atoms with Crippen LogP contribution in [0.5, 0.6) is 0 Å². The third-order valence-corrected chi connectivity index (χ3v) is 3.70. The standard InChI is InChI=1S/C14H19F2NO2/c15-10-4-2-5-11(16)14(10)13(19)8-17-7-9-3-1-6-12(9)18/h2,4-5,9,12-13,17-19H,1,3,6-8H2. The molecule has 0 radical (unpaired) electrons. The maximum Gasteiger partial charge on any atom is 0.131 e. The smallest absolute Gasteiger partial charge is 0.131 e. The Kier molecular flexibility index (Phi) is 4.85. The first-order valence-corrected chi connectivity index (χ1v) is 6.60. The van der Waals surface area contributed by atoms with E-state index in [4.69, 9.17) is 0 Å². The van der Waals surface area contributed by atoms with E-state index in [0.29, 0.717) is 6.54 Å². The highest BCUT2D eigenvalue weighted by atomic mass is 19.1. The van der Waals surface area contributed by atoms with Crippen LogP contribution >= 0.6 is 0 Å². The summed E-state index contributed by atoms with van der Waals surface area (Å²) in [7, 11) is 0. The molecule has 1 aliphatic carbocycles. The second kappa shape index (κ2) is 6.41. The van der Waals surface area contributed by atoms with E-state index in [1.807, 2.05) is 0 Å². The second-order valence-corrected chi connectivity index (χ2v) is 5.07. The maximum absolute atomic E-state index is 13.4. The zero-order valence-corrected chi connectivity index (χ0v) is 10.6. The lowest BCUT2D eigenvalue weighted by Gasteiger charge is -2.18. The molecule has 0 amide bonds. The first-order valence-electron chi connectivity index (χ1n) is 6.60. The molecule has 0 aromatic heterocycles. The molecule has 0 heterocycles. The van der Waals surface area contributed by atoms with Gasteiger partial charge < -0.3 is 15.5 Å². The van der Waals surface area contributed by atoms with Gasteiger partial charge in [-0.3, -0.25) is 0 Å². The summed E-state index contributed by atoms with van der Waals surface area (Å²) in [5.74, 6) is -1.32. The van der Waals surface area contributed by atoms with Crippen molar-refractivity contribution in [2.24, 2.45) is 5.92 Å². The van der Waals surface area contributed by atoms with E-state index in [1.54, 1.807) is 0 Å². The van der Waals surface area contributed by atoms with E-state index >= 15 is 0 Å². The van der Waals surface area contributed by atoms with Gasteiger partial charge in [-0.25, -0.2) is 8.78 Å². The topological polar surface area (TPSA) is 52.5 Å². The zero-order valence-electron chi connectivity index (χ0n) is 10.6. The molecule has 2 rings (SSSR count). The van der Waals surface area contributed by atoms with Crippen molar-refractivity contribution < 1.29 is 19.0 Å². The third kappa shape index (κ3) is 3.49. The minimum absolute atomic E-state index is 0.0705. The van der Waals surface area contributed by atoms with E-state index in [0.717, 1.165) is 31.4 Å². The van der Waals surface area contributed by atoms with Crippen LogP contribution in [0, 0.1) is 17.6 Å². The van der Waals surface area contributed by atoms with Crippen LogP contribution in [-0.2, 0) is 0 Å². The predicted octanol–water partition coefficient (Wildman–Crippen LogP) is 1.75. The number of hydrogen-bond acceptors (Lipinski definition) is 3. The van der Waals surface area contributed by atoms with Gasteiger partial charge >= 0.3 is 0 Å². The number of aliphatic hydroxyl groups excluding tert-OH is 2. The second-order valence-electron chi connectivity index (χ2n) is 5.07. The Morgan fingerprint density at radius 1 is 1.26 bits per heavy atom. The fourth-order valence-corrected chi connectivity index (χ4v) is 2.59. The highest BCUT2D eigenvalue weighted by Crippen LogP contribution is 2.25. The molecule has 0 aliphatic heterocycles. The highest BCUT2D eigenvalue weighted by molar-refractivity contribution is 5.22. The SMILES string of the molecule is OC(CNCC1CCCC1O)c1c(F)cccc1F. The Labute approximate surface area is 111 Å². The lowest BCUT2D eigenvalue weighted by Crippen LogP contribution is -2.31. The fraction of sp³-hybridized carbons (Fsp3) is 0.571. The largest absolute Gasteiger partial charge is 0.393 e. The van der Waals surface area contributed by atoms with Gasteiger partial charge in [-0.15, -0.1) is 0 Å². The summed E-state index contributed by atoms with van der Waals surface area (Å²) in [5, 5.41) is 22.4. The Balaban J connectivity index is 1.85. The molecule has 1 aromatic rings. The van der Waals surface area contributed by atoms with Crippen molar-refractivity contribution in [3.8, 4) is 0 Å². The Morgan fingerprint density at radius 2 is 1.95 bits per heavy atom. The fourth-order valence-electron chi connectivity index (χ4n) is 2.59. The number of hydrogen-bond donors (Lipinski definition) is 3. The Bertz CT molecular complexity index is 408. The number of aliphatic hydroxyl groups is 2. The van der Waals surface area contributed by atoms with Crippen molar-refractivity contribution in [1.82, 2.24) is 5.32 Å². The molecule has 0 bridgehead atoms. The van der Waals surface area contributed by atoms with Gasteiger partial charge in [0.1, 0.15) is 11.6 Å². The van der Waals surface area contributed by atoms with Crippen LogP contribution in [0.4, 0.5) is 8.78 Å². The van der Waals surface area contributed by atoms with Crippen molar-refractivity contribution in [1.29, 1.82) is 0 Å². The molecule has 0 spiro atoms. The average molecular weight is 271 g/mol. The van der Waals surface area contributed by atoms with E-state index in [1.165, 1.54) is 6.07 Å². The Hall–Kier alpha value is -1.04. The number of halogens is 2. The molecule has 19 heavy (non-hydrogen) atoms. The van der Waals surface area contributed by atoms with Gasteiger partial charge in [-0.1, -0.05) is 12.5 Å². The summed E-state index contributed by atoms with van der Waals surface area (Å²) in [5.41, 5.74) is -0.304. The molecule has 3 unspecified atom stereocenters. The molecule has 3 atom stereocenters. The lowest BCUT2D eigenvalue weighted by molar-refractivity contribution is 0.123. The minimum atomic E-state index is -1.22. The molecule has 1 aromatic carbocycles. The van der Waals surface area contributed by atoms with Crippen LogP contribution in [-0.4, -0.2) is 29.4 Å². The van der Waals surface area contributed by atoms with Gasteiger partial charge in [-0.2, -0.15) is 0 Å². The van der Waals surface area contributed by atoms with Crippen LogP contribution < -0.4 is 5.32 Å². The summed E-state index contributed by atoms with van der Waals surface area (Å²) in [6, 6.07) is 3.52. The first-order chi connectivity index (χ1) is 9.09. The van der Waals surface area contributed by atoms with E-state index < -0.39 is 17.7 Å². The van der Waals surface area contributed by atoms with Gasteiger partial charge in [0.2, 0.25) is 0 Å². The summed E-state index contributed by atoms with van der Waals surface area (Å²) in [4.78, 5) is 0. The zero-order chi connectivity index (χ0) is 13.8. The van der Waals surface area contributed by atoms with Crippen LogP contribution in [0.15, 0.2) is 18.2 Å². The summed E-state index contributed by atoms with van der Waals surface area (Å²) in [6.07, 6.45) is 1.21. The number of benzene rings is 1. The normalized spacial score (nSPS) is 24.6. The van der Waals surface area contributed by atoms with Crippen LogP contribution in [0.2, 0.25) is 0 Å². The molecule has 1 saturated carbocycles. The minimum Gasteiger partial charge on any atom is -0.393 e. The van der Waals surface area contributed by atoms with Gasteiger partial charge in [0.15, 0.2) is 0 Å². The molecular weight excluding hydrogens is 252 g/mol. The monoisotopic (exact) mass is 271 g/mol. The van der Waals surface area contributed by atoms with E-state index in [2.05, 4.69) is 5.32 Å². The predicted molar refractivity (Wildman–Crippen MR) is 67.5 cm³/mol.